The van der Waals surface area contributed by atoms with Crippen LogP contribution in [0.5, 0.6) is 11.5 Å². The largest absolute Gasteiger partial charge is 0.505 e. The topological polar surface area (TPSA) is 41.5 Å². The van der Waals surface area contributed by atoms with E-state index in [0.29, 0.717) is 34.6 Å². The molecular weight excluding hydrogens is 380 g/mol. The van der Waals surface area contributed by atoms with Crippen LogP contribution in [0.25, 0.3) is 0 Å². The molecule has 0 aliphatic carbocycles. The molecule has 0 aromatic heterocycles. The third-order valence-corrected chi connectivity index (χ3v) is 4.16. The van der Waals surface area contributed by atoms with Crippen molar-refractivity contribution < 1.29 is 9.84 Å². The van der Waals surface area contributed by atoms with E-state index < -0.39 is 0 Å². The summed E-state index contributed by atoms with van der Waals surface area (Å²) in [6, 6.07) is 6.75. The molecule has 0 heterocycles. The number of benzene rings is 2. The highest BCUT2D eigenvalue weighted by Gasteiger charge is 2.11. The van der Waals surface area contributed by atoms with E-state index in [-0.39, 0.29) is 15.8 Å². The van der Waals surface area contributed by atoms with Crippen LogP contribution in [0.1, 0.15) is 18.9 Å². The number of nitrogens with one attached hydrogen (secondary N) is 1. The van der Waals surface area contributed by atoms with Crippen molar-refractivity contribution in [2.24, 2.45) is 0 Å². The van der Waals surface area contributed by atoms with Gasteiger partial charge in [-0.3, -0.25) is 0 Å². The summed E-state index contributed by atoms with van der Waals surface area (Å²) < 4.78 is 5.53. The normalized spacial score (nSPS) is 10.7. The van der Waals surface area contributed by atoms with Gasteiger partial charge in [-0.25, -0.2) is 0 Å². The highest BCUT2D eigenvalue weighted by atomic mass is 35.5. The van der Waals surface area contributed by atoms with Gasteiger partial charge in [-0.05, 0) is 36.2 Å². The highest BCUT2D eigenvalue weighted by molar-refractivity contribution is 6.38. The van der Waals surface area contributed by atoms with E-state index >= 15 is 0 Å². The lowest BCUT2D eigenvalue weighted by Gasteiger charge is -2.13. The fourth-order valence-corrected chi connectivity index (χ4v) is 3.06. The summed E-state index contributed by atoms with van der Waals surface area (Å²) in [7, 11) is 0. The second-order valence-electron chi connectivity index (χ2n) is 4.88. The molecule has 124 valence electrons. The molecule has 0 spiro atoms. The zero-order valence-electron chi connectivity index (χ0n) is 12.3. The number of ether oxygens (including phenoxy) is 1. The van der Waals surface area contributed by atoms with Gasteiger partial charge >= 0.3 is 0 Å². The molecule has 0 saturated carbocycles. The Kier molecular flexibility index (Phi) is 6.54. The van der Waals surface area contributed by atoms with Gasteiger partial charge in [0.1, 0.15) is 0 Å². The van der Waals surface area contributed by atoms with Crippen LogP contribution in [-0.4, -0.2) is 11.7 Å². The zero-order chi connectivity index (χ0) is 17.0. The first-order chi connectivity index (χ1) is 10.9. The Labute approximate surface area is 155 Å². The van der Waals surface area contributed by atoms with Crippen molar-refractivity contribution >= 4 is 52.1 Å². The van der Waals surface area contributed by atoms with E-state index in [9.17, 15) is 5.11 Å². The smallest absolute Gasteiger partial charge is 0.156 e. The Balaban J connectivity index is 2.12. The molecule has 7 heteroatoms. The number of phenolic OH excluding ortho intramolecular Hbond substituents is 1. The first-order valence-corrected chi connectivity index (χ1v) is 8.46. The molecule has 2 aromatic carbocycles. The molecule has 0 saturated heterocycles. The Morgan fingerprint density at radius 3 is 2.04 bits per heavy atom. The van der Waals surface area contributed by atoms with Gasteiger partial charge in [-0.1, -0.05) is 53.3 Å². The molecule has 0 fully saturated rings. The minimum absolute atomic E-state index is 0.137. The van der Waals surface area contributed by atoms with E-state index in [0.717, 1.165) is 12.0 Å². The van der Waals surface area contributed by atoms with Crippen LogP contribution >= 0.6 is 46.4 Å². The van der Waals surface area contributed by atoms with Gasteiger partial charge in [0.2, 0.25) is 0 Å². The van der Waals surface area contributed by atoms with Gasteiger partial charge in [-0.15, -0.1) is 0 Å². The lowest BCUT2D eigenvalue weighted by molar-refractivity contribution is 0.318. The minimum Gasteiger partial charge on any atom is -0.505 e. The third kappa shape index (κ3) is 4.74. The Morgan fingerprint density at radius 2 is 1.52 bits per heavy atom. The molecule has 2 rings (SSSR count). The van der Waals surface area contributed by atoms with Crippen molar-refractivity contribution in [3.63, 3.8) is 0 Å². The van der Waals surface area contributed by atoms with Gasteiger partial charge in [0.15, 0.2) is 11.5 Å². The van der Waals surface area contributed by atoms with Gasteiger partial charge in [-0.2, -0.15) is 0 Å². The van der Waals surface area contributed by atoms with Crippen LogP contribution in [0.2, 0.25) is 20.1 Å². The summed E-state index contributed by atoms with van der Waals surface area (Å²) in [4.78, 5) is 0. The molecule has 0 radical (unpaired) electrons. The first kappa shape index (κ1) is 18.3. The molecule has 2 N–H and O–H groups in total. The van der Waals surface area contributed by atoms with Crippen LogP contribution in [0.3, 0.4) is 0 Å². The van der Waals surface area contributed by atoms with E-state index in [4.69, 9.17) is 51.1 Å². The van der Waals surface area contributed by atoms with Gasteiger partial charge in [0.05, 0.1) is 26.7 Å². The Hall–Kier alpha value is -1.000. The molecule has 0 bridgehead atoms. The third-order valence-electron chi connectivity index (χ3n) is 3.02. The highest BCUT2D eigenvalue weighted by Crippen LogP contribution is 2.36. The fraction of sp³-hybridized carbons (Fsp3) is 0.250. The molecule has 0 aliphatic heterocycles. The number of hydrogen-bond donors (Lipinski definition) is 2. The number of hydrogen-bond acceptors (Lipinski definition) is 3. The van der Waals surface area contributed by atoms with Crippen molar-refractivity contribution in [3.05, 3.63) is 49.9 Å². The second kappa shape index (κ2) is 8.20. The summed E-state index contributed by atoms with van der Waals surface area (Å²) in [5, 5.41) is 14.0. The summed E-state index contributed by atoms with van der Waals surface area (Å²) in [6.07, 6.45) is 0.873. The van der Waals surface area contributed by atoms with Crippen LogP contribution < -0.4 is 10.1 Å². The number of aromatic hydroxyl groups is 1. The molecule has 23 heavy (non-hydrogen) atoms. The average molecular weight is 395 g/mol. The monoisotopic (exact) mass is 393 g/mol. The summed E-state index contributed by atoms with van der Waals surface area (Å²) in [5.74, 6) is 0.358. The molecule has 0 unspecified atom stereocenters. The van der Waals surface area contributed by atoms with Gasteiger partial charge < -0.3 is 15.2 Å². The molecular formula is C16H15Cl4NO2. The number of rotatable bonds is 6. The predicted octanol–water partition coefficient (Wildman–Crippen LogP) is 6.41. The summed E-state index contributed by atoms with van der Waals surface area (Å²) >= 11 is 24.2. The van der Waals surface area contributed by atoms with Crippen molar-refractivity contribution in [2.45, 2.75) is 19.9 Å². The van der Waals surface area contributed by atoms with Gasteiger partial charge in [0.25, 0.3) is 0 Å². The summed E-state index contributed by atoms with van der Waals surface area (Å²) in [5.41, 5.74) is 1.56. The lowest BCUT2D eigenvalue weighted by atomic mass is 10.2. The minimum atomic E-state index is -0.137. The maximum Gasteiger partial charge on any atom is 0.156 e. The maximum atomic E-state index is 9.55. The summed E-state index contributed by atoms with van der Waals surface area (Å²) in [6.45, 7) is 3.03. The molecule has 0 amide bonds. The maximum absolute atomic E-state index is 9.55. The first-order valence-electron chi connectivity index (χ1n) is 6.95. The van der Waals surface area contributed by atoms with E-state index in [2.05, 4.69) is 5.32 Å². The predicted molar refractivity (Wildman–Crippen MR) is 97.7 cm³/mol. The molecule has 0 atom stereocenters. The van der Waals surface area contributed by atoms with Crippen molar-refractivity contribution in [2.75, 3.05) is 11.9 Å². The Bertz CT molecular complexity index is 660. The van der Waals surface area contributed by atoms with Crippen LogP contribution in [-0.2, 0) is 6.54 Å². The van der Waals surface area contributed by atoms with E-state index in [1.165, 1.54) is 0 Å². The molecule has 2 aromatic rings. The van der Waals surface area contributed by atoms with Gasteiger partial charge in [0, 0.05) is 12.2 Å². The number of phenols is 1. The van der Waals surface area contributed by atoms with Crippen LogP contribution in [0, 0.1) is 0 Å². The molecule has 0 aliphatic rings. The molecule has 3 nitrogen and oxygen atoms in total. The van der Waals surface area contributed by atoms with Crippen LogP contribution in [0.4, 0.5) is 5.69 Å². The van der Waals surface area contributed by atoms with Crippen molar-refractivity contribution in [1.29, 1.82) is 0 Å². The van der Waals surface area contributed by atoms with E-state index in [1.807, 2.05) is 6.92 Å². The Morgan fingerprint density at radius 1 is 0.957 bits per heavy atom. The lowest BCUT2D eigenvalue weighted by Crippen LogP contribution is -2.01. The van der Waals surface area contributed by atoms with Crippen molar-refractivity contribution in [3.8, 4) is 11.5 Å². The number of halogens is 4. The van der Waals surface area contributed by atoms with E-state index in [1.54, 1.807) is 24.3 Å². The quantitative estimate of drug-likeness (QED) is 0.556. The van der Waals surface area contributed by atoms with Crippen molar-refractivity contribution in [1.82, 2.24) is 0 Å². The average Bonchev–Trinajstić information content (AvgIpc) is 2.49. The van der Waals surface area contributed by atoms with Crippen LogP contribution in [0.15, 0.2) is 24.3 Å². The standard InChI is InChI=1S/C16H15Cl4NO2/c1-2-3-23-16-13(19)4-9(5-14(16)20)8-21-10-6-11(17)15(22)12(18)7-10/h4-7,21-22H,2-3,8H2,1H3. The zero-order valence-corrected chi connectivity index (χ0v) is 15.3. The number of anilines is 1. The SMILES string of the molecule is CCCOc1c(Cl)cc(CNc2cc(Cl)c(O)c(Cl)c2)cc1Cl. The second-order valence-corrected chi connectivity index (χ2v) is 6.51. The fourth-order valence-electron chi connectivity index (χ4n) is 1.93.